The highest BCUT2D eigenvalue weighted by atomic mass is 16.1. The lowest BCUT2D eigenvalue weighted by Crippen LogP contribution is -2.29. The average molecular weight is 222 g/mol. The van der Waals surface area contributed by atoms with E-state index in [1.165, 1.54) is 0 Å². The molecule has 1 aromatic heterocycles. The maximum Gasteiger partial charge on any atom is 0.178 e. The van der Waals surface area contributed by atoms with E-state index in [2.05, 4.69) is 16.8 Å². The summed E-state index contributed by atoms with van der Waals surface area (Å²) >= 11 is 0. The first-order valence-electron chi connectivity index (χ1n) is 5.90. The van der Waals surface area contributed by atoms with Gasteiger partial charge >= 0.3 is 0 Å². The maximum atomic E-state index is 12.0. The molecular weight excluding hydrogens is 200 g/mol. The monoisotopic (exact) mass is 222 g/mol. The molecule has 16 heavy (non-hydrogen) atoms. The number of carbonyl (C=O) groups excluding carboxylic acids is 1. The van der Waals surface area contributed by atoms with Crippen molar-refractivity contribution < 1.29 is 4.79 Å². The second-order valence-electron chi connectivity index (χ2n) is 4.49. The summed E-state index contributed by atoms with van der Waals surface area (Å²) in [7, 11) is 0. The van der Waals surface area contributed by atoms with E-state index in [1.807, 2.05) is 33.8 Å². The summed E-state index contributed by atoms with van der Waals surface area (Å²) in [4.78, 5) is 12.0. The van der Waals surface area contributed by atoms with Gasteiger partial charge in [-0.15, -0.1) is 0 Å². The molecule has 0 aromatic carbocycles. The van der Waals surface area contributed by atoms with Crippen molar-refractivity contribution in [2.24, 2.45) is 0 Å². The number of rotatable bonds is 5. The number of nitrogens with zero attached hydrogens (tertiary/aromatic N) is 1. The number of ketones is 1. The summed E-state index contributed by atoms with van der Waals surface area (Å²) in [6.45, 7) is 11.6. The molecule has 90 valence electrons. The van der Waals surface area contributed by atoms with Crippen LogP contribution in [0, 0.1) is 13.8 Å². The van der Waals surface area contributed by atoms with Crippen molar-refractivity contribution in [1.29, 1.82) is 0 Å². The minimum absolute atomic E-state index is 0.182. The lowest BCUT2D eigenvalue weighted by molar-refractivity contribution is 0.0988. The fourth-order valence-electron chi connectivity index (χ4n) is 1.96. The highest BCUT2D eigenvalue weighted by Gasteiger charge is 2.14. The van der Waals surface area contributed by atoms with Crippen molar-refractivity contribution in [3.63, 3.8) is 0 Å². The van der Waals surface area contributed by atoms with Crippen LogP contribution in [-0.4, -0.2) is 22.9 Å². The van der Waals surface area contributed by atoms with Gasteiger partial charge in [0, 0.05) is 29.5 Å². The van der Waals surface area contributed by atoms with Crippen LogP contribution in [0.15, 0.2) is 6.07 Å². The van der Waals surface area contributed by atoms with Crippen LogP contribution in [0.2, 0.25) is 0 Å². The molecule has 3 heteroatoms. The zero-order valence-electron chi connectivity index (χ0n) is 10.9. The van der Waals surface area contributed by atoms with Gasteiger partial charge in [-0.3, -0.25) is 4.79 Å². The smallest absolute Gasteiger partial charge is 0.178 e. The van der Waals surface area contributed by atoms with Crippen LogP contribution in [0.25, 0.3) is 0 Å². The van der Waals surface area contributed by atoms with Crippen LogP contribution < -0.4 is 5.32 Å². The van der Waals surface area contributed by atoms with Gasteiger partial charge < -0.3 is 9.88 Å². The fourth-order valence-corrected chi connectivity index (χ4v) is 1.96. The van der Waals surface area contributed by atoms with Crippen molar-refractivity contribution in [2.75, 3.05) is 6.54 Å². The predicted octanol–water partition coefficient (Wildman–Crippen LogP) is 2.31. The number of nitrogens with one attached hydrogen (secondary N) is 1. The van der Waals surface area contributed by atoms with Gasteiger partial charge in [0.05, 0.1) is 6.54 Å². The van der Waals surface area contributed by atoms with Crippen LogP contribution in [0.4, 0.5) is 0 Å². The van der Waals surface area contributed by atoms with Gasteiger partial charge in [-0.05, 0) is 26.8 Å². The molecule has 0 radical (unpaired) electrons. The Kier molecular flexibility index (Phi) is 4.30. The standard InChI is InChI=1S/C13H22N2O/c1-6-15-10(4)7-12(11(15)5)13(16)8-14-9(2)3/h7,9,14H,6,8H2,1-5H3. The van der Waals surface area contributed by atoms with Crippen LogP contribution >= 0.6 is 0 Å². The summed E-state index contributed by atoms with van der Waals surface area (Å²) in [5.41, 5.74) is 3.09. The van der Waals surface area contributed by atoms with Crippen molar-refractivity contribution in [2.45, 2.75) is 47.2 Å². The van der Waals surface area contributed by atoms with E-state index in [0.717, 1.165) is 23.5 Å². The van der Waals surface area contributed by atoms with E-state index in [1.54, 1.807) is 0 Å². The average Bonchev–Trinajstić information content (AvgIpc) is 2.50. The summed E-state index contributed by atoms with van der Waals surface area (Å²) in [5.74, 6) is 0.182. The quantitative estimate of drug-likeness (QED) is 0.776. The zero-order valence-corrected chi connectivity index (χ0v) is 10.9. The molecule has 0 saturated carbocycles. The van der Waals surface area contributed by atoms with Gasteiger partial charge in [0.15, 0.2) is 5.78 Å². The first-order valence-corrected chi connectivity index (χ1v) is 5.90. The molecule has 0 amide bonds. The lowest BCUT2D eigenvalue weighted by Gasteiger charge is -2.08. The van der Waals surface area contributed by atoms with Crippen LogP contribution in [0.5, 0.6) is 0 Å². The fraction of sp³-hybridized carbons (Fsp3) is 0.615. The third kappa shape index (κ3) is 2.73. The molecule has 0 spiro atoms. The molecular formula is C13H22N2O. The normalized spacial score (nSPS) is 11.1. The third-order valence-electron chi connectivity index (χ3n) is 2.86. The number of hydrogen-bond donors (Lipinski definition) is 1. The molecule has 0 unspecified atom stereocenters. The molecule has 0 aliphatic rings. The van der Waals surface area contributed by atoms with Crippen molar-refractivity contribution in [1.82, 2.24) is 9.88 Å². The molecule has 0 bridgehead atoms. The molecule has 0 saturated heterocycles. The molecule has 0 fully saturated rings. The number of Topliss-reactive ketones (excluding diaryl/α,β-unsaturated/α-hetero) is 1. The van der Waals surface area contributed by atoms with E-state index >= 15 is 0 Å². The second-order valence-corrected chi connectivity index (χ2v) is 4.49. The molecule has 3 nitrogen and oxygen atoms in total. The van der Waals surface area contributed by atoms with E-state index in [9.17, 15) is 4.79 Å². The Balaban J connectivity index is 2.84. The summed E-state index contributed by atoms with van der Waals surface area (Å²) < 4.78 is 2.17. The first-order chi connectivity index (χ1) is 7.47. The molecule has 1 aromatic rings. The lowest BCUT2D eigenvalue weighted by atomic mass is 10.1. The maximum absolute atomic E-state index is 12.0. The van der Waals surface area contributed by atoms with Crippen molar-refractivity contribution in [3.8, 4) is 0 Å². The summed E-state index contributed by atoms with van der Waals surface area (Å²) in [6, 6.07) is 2.34. The van der Waals surface area contributed by atoms with Gasteiger partial charge in [-0.25, -0.2) is 0 Å². The van der Waals surface area contributed by atoms with Crippen molar-refractivity contribution >= 4 is 5.78 Å². The minimum Gasteiger partial charge on any atom is -0.349 e. The van der Waals surface area contributed by atoms with E-state index < -0.39 is 0 Å². The second kappa shape index (κ2) is 5.30. The van der Waals surface area contributed by atoms with Crippen LogP contribution in [-0.2, 0) is 6.54 Å². The zero-order chi connectivity index (χ0) is 12.3. The van der Waals surface area contributed by atoms with E-state index in [0.29, 0.717) is 12.6 Å². The van der Waals surface area contributed by atoms with Crippen LogP contribution in [0.1, 0.15) is 42.5 Å². The summed E-state index contributed by atoms with van der Waals surface area (Å²) in [6.07, 6.45) is 0. The minimum atomic E-state index is 0.182. The Labute approximate surface area is 97.8 Å². The number of aromatic nitrogens is 1. The highest BCUT2D eigenvalue weighted by molar-refractivity contribution is 5.99. The Bertz CT molecular complexity index is 378. The summed E-state index contributed by atoms with van der Waals surface area (Å²) in [5, 5.41) is 3.16. The van der Waals surface area contributed by atoms with Gasteiger partial charge in [0.1, 0.15) is 0 Å². The van der Waals surface area contributed by atoms with E-state index in [4.69, 9.17) is 0 Å². The van der Waals surface area contributed by atoms with Gasteiger partial charge in [-0.1, -0.05) is 13.8 Å². The first kappa shape index (κ1) is 13.0. The number of hydrogen-bond acceptors (Lipinski definition) is 2. The molecule has 1 N–H and O–H groups in total. The third-order valence-corrected chi connectivity index (χ3v) is 2.86. The Morgan fingerprint density at radius 3 is 2.50 bits per heavy atom. The van der Waals surface area contributed by atoms with Crippen molar-refractivity contribution in [3.05, 3.63) is 23.0 Å². The molecule has 0 aliphatic heterocycles. The largest absolute Gasteiger partial charge is 0.349 e. The topological polar surface area (TPSA) is 34.0 Å². The molecule has 1 heterocycles. The van der Waals surface area contributed by atoms with Gasteiger partial charge in [-0.2, -0.15) is 0 Å². The molecule has 1 rings (SSSR count). The van der Waals surface area contributed by atoms with Gasteiger partial charge in [0.2, 0.25) is 0 Å². The highest BCUT2D eigenvalue weighted by Crippen LogP contribution is 2.15. The molecule has 0 aliphatic carbocycles. The number of aryl methyl sites for hydroxylation is 1. The number of carbonyl (C=O) groups is 1. The SMILES string of the molecule is CCn1c(C)cc(C(=O)CNC(C)C)c1C. The Morgan fingerprint density at radius 1 is 1.44 bits per heavy atom. The molecule has 0 atom stereocenters. The van der Waals surface area contributed by atoms with Crippen LogP contribution in [0.3, 0.4) is 0 Å². The Morgan fingerprint density at radius 2 is 2.06 bits per heavy atom. The predicted molar refractivity (Wildman–Crippen MR) is 67.0 cm³/mol. The Hall–Kier alpha value is -1.09. The van der Waals surface area contributed by atoms with Gasteiger partial charge in [0.25, 0.3) is 0 Å². The van der Waals surface area contributed by atoms with E-state index in [-0.39, 0.29) is 5.78 Å².